The van der Waals surface area contributed by atoms with Crippen LogP contribution in [0.4, 0.5) is 11.6 Å². The number of aryl methyl sites for hydroxylation is 1. The maximum Gasteiger partial charge on any atom is 0.240 e. The van der Waals surface area contributed by atoms with Gasteiger partial charge in [-0.2, -0.15) is 5.10 Å². The fraction of sp³-hybridized carbons (Fsp3) is 0.471. The molecule has 2 aromatic carbocycles. The number of rotatable bonds is 7. The highest BCUT2D eigenvalue weighted by molar-refractivity contribution is 6.31. The third-order valence-electron chi connectivity index (χ3n) is 10.9. The predicted molar refractivity (Wildman–Crippen MR) is 169 cm³/mol. The van der Waals surface area contributed by atoms with Gasteiger partial charge >= 0.3 is 0 Å². The van der Waals surface area contributed by atoms with E-state index >= 15 is 0 Å². The van der Waals surface area contributed by atoms with Gasteiger partial charge in [0, 0.05) is 23.4 Å². The Morgan fingerprint density at radius 3 is 2.39 bits per heavy atom. The van der Waals surface area contributed by atoms with Crippen LogP contribution in [0.5, 0.6) is 0 Å². The molecule has 5 aliphatic rings. The molecule has 9 nitrogen and oxygen atoms in total. The summed E-state index contributed by atoms with van der Waals surface area (Å²) in [5, 5.41) is 28.1. The number of anilines is 2. The van der Waals surface area contributed by atoms with Gasteiger partial charge in [-0.1, -0.05) is 35.9 Å². The predicted octanol–water partition coefficient (Wildman–Crippen LogP) is 5.45. The van der Waals surface area contributed by atoms with Gasteiger partial charge in [-0.25, -0.2) is 9.97 Å². The van der Waals surface area contributed by atoms with Crippen LogP contribution < -0.4 is 11.1 Å². The average molecular weight is 613 g/mol. The van der Waals surface area contributed by atoms with E-state index in [1.165, 1.54) is 38.5 Å². The van der Waals surface area contributed by atoms with Gasteiger partial charge < -0.3 is 21.3 Å². The molecule has 4 bridgehead atoms. The van der Waals surface area contributed by atoms with E-state index in [4.69, 9.17) is 32.4 Å². The molecule has 9 rings (SSSR count). The number of nitrogens with one attached hydrogen (secondary N) is 1. The Kier molecular flexibility index (Phi) is 6.35. The van der Waals surface area contributed by atoms with Crippen molar-refractivity contribution in [2.75, 3.05) is 11.1 Å². The van der Waals surface area contributed by atoms with E-state index in [9.17, 15) is 15.0 Å². The van der Waals surface area contributed by atoms with Crippen molar-refractivity contribution in [1.29, 1.82) is 0 Å². The van der Waals surface area contributed by atoms with Crippen LogP contribution in [0.1, 0.15) is 68.6 Å². The van der Waals surface area contributed by atoms with Crippen LogP contribution in [0.15, 0.2) is 42.5 Å². The van der Waals surface area contributed by atoms with Crippen molar-refractivity contribution in [3.8, 4) is 11.5 Å². The summed E-state index contributed by atoms with van der Waals surface area (Å²) in [6.07, 6.45) is 7.38. The van der Waals surface area contributed by atoms with Crippen molar-refractivity contribution < 1.29 is 15.0 Å². The maximum absolute atomic E-state index is 13.5. The third kappa shape index (κ3) is 4.43. The molecule has 1 atom stereocenters. The number of halogens is 1. The van der Waals surface area contributed by atoms with Crippen molar-refractivity contribution in [2.24, 2.45) is 23.2 Å². The number of carbonyl (C=O) groups excluding carboxylic acids is 1. The fourth-order valence-electron chi connectivity index (χ4n) is 9.32. The molecule has 4 aromatic rings. The minimum atomic E-state index is -1.36. The standard InChI is InChI=1S/C34H37ClN6O3/c1-33(22-5-2-18(3-6-22)4-9-26(42)43)27-29(36)37-31(38-30(27)39-32(33)44)28-24-8-7-23(35)13-25(24)41(40-28)17-34-14-19-10-20(15-34)12-21(11-19)16-34/h2-3,5-8,13,19-21,26,42-43H,4,9-12,14-17H2,1H3,(H3,36,37,38,39,44)/t19?,20?,21?,33-,34?/m0/s1. The summed E-state index contributed by atoms with van der Waals surface area (Å²) in [7, 11) is 0. The number of carbonyl (C=O) groups is 1. The average Bonchev–Trinajstić information content (AvgIpc) is 3.45. The summed E-state index contributed by atoms with van der Waals surface area (Å²) in [4.78, 5) is 23.1. The first-order chi connectivity index (χ1) is 21.1. The smallest absolute Gasteiger partial charge is 0.240 e. The van der Waals surface area contributed by atoms with Crippen LogP contribution in [0, 0.1) is 23.2 Å². The first kappa shape index (κ1) is 28.0. The lowest BCUT2D eigenvalue weighted by molar-refractivity contribution is -0.119. The number of hydrogen-bond donors (Lipinski definition) is 4. The second kappa shape index (κ2) is 9.99. The lowest BCUT2D eigenvalue weighted by Gasteiger charge is -2.56. The molecular formula is C34H37ClN6O3. The minimum Gasteiger partial charge on any atom is -0.383 e. The zero-order valence-corrected chi connectivity index (χ0v) is 25.5. The second-order valence-electron chi connectivity index (χ2n) is 14.0. The Labute approximate surface area is 260 Å². The fourth-order valence-corrected chi connectivity index (χ4v) is 9.49. The number of nitrogens with zero attached hydrogens (tertiary/aromatic N) is 4. The highest BCUT2D eigenvalue weighted by atomic mass is 35.5. The maximum atomic E-state index is 13.5. The molecular weight excluding hydrogens is 576 g/mol. The Morgan fingerprint density at radius 2 is 1.73 bits per heavy atom. The molecule has 4 saturated carbocycles. The van der Waals surface area contributed by atoms with Gasteiger partial charge in [-0.15, -0.1) is 0 Å². The molecule has 1 aliphatic heterocycles. The molecule has 3 heterocycles. The second-order valence-corrected chi connectivity index (χ2v) is 14.5. The first-order valence-electron chi connectivity index (χ1n) is 15.7. The molecule has 0 unspecified atom stereocenters. The Hall–Kier alpha value is -3.53. The molecule has 10 heteroatoms. The monoisotopic (exact) mass is 612 g/mol. The van der Waals surface area contributed by atoms with Gasteiger partial charge in [0.1, 0.15) is 22.7 Å². The van der Waals surface area contributed by atoms with E-state index in [1.807, 2.05) is 49.4 Å². The number of nitrogens with two attached hydrogens (primary N) is 1. The topological polar surface area (TPSA) is 139 Å². The van der Waals surface area contributed by atoms with Crippen molar-refractivity contribution in [3.63, 3.8) is 0 Å². The van der Waals surface area contributed by atoms with Gasteiger partial charge in [0.15, 0.2) is 12.1 Å². The highest BCUT2D eigenvalue weighted by Gasteiger charge is 2.51. The van der Waals surface area contributed by atoms with E-state index in [0.717, 1.165) is 46.3 Å². The Morgan fingerprint density at radius 1 is 1.05 bits per heavy atom. The van der Waals surface area contributed by atoms with Crippen molar-refractivity contribution >= 4 is 40.0 Å². The number of aromatic nitrogens is 4. The van der Waals surface area contributed by atoms with Crippen LogP contribution in [-0.4, -0.2) is 42.2 Å². The van der Waals surface area contributed by atoms with Crippen molar-refractivity contribution in [3.05, 3.63) is 64.2 Å². The summed E-state index contributed by atoms with van der Waals surface area (Å²) in [6, 6.07) is 13.4. The van der Waals surface area contributed by atoms with Gasteiger partial charge in [0.25, 0.3) is 0 Å². The number of fused-ring (bicyclic) bond motifs is 2. The Bertz CT molecular complexity index is 1770. The first-order valence-corrected chi connectivity index (χ1v) is 16.1. The van der Waals surface area contributed by atoms with E-state index < -0.39 is 11.7 Å². The normalized spacial score (nSPS) is 28.7. The molecule has 2 aromatic heterocycles. The van der Waals surface area contributed by atoms with Crippen molar-refractivity contribution in [1.82, 2.24) is 19.7 Å². The number of nitrogen functional groups attached to an aromatic ring is 1. The summed E-state index contributed by atoms with van der Waals surface area (Å²) < 4.78 is 2.12. The summed E-state index contributed by atoms with van der Waals surface area (Å²) >= 11 is 6.51. The van der Waals surface area contributed by atoms with E-state index in [2.05, 4.69) is 10.00 Å². The number of hydrogen-bond acceptors (Lipinski definition) is 7. The molecule has 4 aliphatic carbocycles. The number of amides is 1. The van der Waals surface area contributed by atoms with Crippen LogP contribution in [-0.2, 0) is 23.2 Å². The summed E-state index contributed by atoms with van der Waals surface area (Å²) in [6.45, 7) is 2.69. The molecule has 1 amide bonds. The molecule has 4 fully saturated rings. The zero-order valence-electron chi connectivity index (χ0n) is 24.8. The van der Waals surface area contributed by atoms with Crippen LogP contribution in [0.25, 0.3) is 22.4 Å². The van der Waals surface area contributed by atoms with Crippen LogP contribution in [0.2, 0.25) is 5.02 Å². The van der Waals surface area contributed by atoms with Gasteiger partial charge in [0.05, 0.1) is 11.1 Å². The molecule has 0 spiro atoms. The van der Waals surface area contributed by atoms with Gasteiger partial charge in [0.2, 0.25) is 5.91 Å². The van der Waals surface area contributed by atoms with Crippen LogP contribution >= 0.6 is 11.6 Å². The third-order valence-corrected chi connectivity index (χ3v) is 11.2. The Balaban J connectivity index is 1.16. The summed E-state index contributed by atoms with van der Waals surface area (Å²) in [5.74, 6) is 3.30. The molecule has 228 valence electrons. The number of aliphatic hydroxyl groups excluding tert-OH is 1. The number of aliphatic hydroxyl groups is 2. The summed E-state index contributed by atoms with van der Waals surface area (Å²) in [5.41, 5.74) is 9.69. The SMILES string of the molecule is C[C@@]1(c2ccc(CCC(O)O)cc2)C(=O)Nc2nc(-c3nn(CC45CC6CC(CC(C6)C4)C5)c4cc(Cl)ccc34)nc(N)c21. The lowest BCUT2D eigenvalue weighted by Crippen LogP contribution is -2.48. The molecule has 0 saturated heterocycles. The highest BCUT2D eigenvalue weighted by Crippen LogP contribution is 2.60. The van der Waals surface area contributed by atoms with Crippen molar-refractivity contribution in [2.45, 2.75) is 76.5 Å². The van der Waals surface area contributed by atoms with E-state index in [1.54, 1.807) is 0 Å². The molecule has 5 N–H and O–H groups in total. The lowest BCUT2D eigenvalue weighted by atomic mass is 9.49. The van der Waals surface area contributed by atoms with Crippen LogP contribution in [0.3, 0.4) is 0 Å². The van der Waals surface area contributed by atoms with E-state index in [-0.39, 0.29) is 23.6 Å². The zero-order chi connectivity index (χ0) is 30.4. The number of benzene rings is 2. The molecule has 44 heavy (non-hydrogen) atoms. The quantitative estimate of drug-likeness (QED) is 0.204. The van der Waals surface area contributed by atoms with E-state index in [0.29, 0.717) is 34.3 Å². The largest absolute Gasteiger partial charge is 0.383 e. The van der Waals surface area contributed by atoms with Gasteiger partial charge in [-0.3, -0.25) is 9.48 Å². The minimum absolute atomic E-state index is 0.229. The molecule has 0 radical (unpaired) electrons. The van der Waals surface area contributed by atoms with Gasteiger partial charge in [-0.05, 0) is 104 Å².